The van der Waals surface area contributed by atoms with E-state index in [1.54, 1.807) is 0 Å². The zero-order valence-electron chi connectivity index (χ0n) is 15.5. The van der Waals surface area contributed by atoms with Crippen molar-refractivity contribution >= 4 is 29.9 Å². The highest BCUT2D eigenvalue weighted by atomic mass is 32.1. The van der Waals surface area contributed by atoms with Crippen LogP contribution in [0.1, 0.15) is 36.1 Å². The summed E-state index contributed by atoms with van der Waals surface area (Å²) in [5, 5.41) is 10.0. The third-order valence-electron chi connectivity index (χ3n) is 5.07. The van der Waals surface area contributed by atoms with Crippen molar-refractivity contribution in [3.63, 3.8) is 0 Å². The summed E-state index contributed by atoms with van der Waals surface area (Å²) >= 11 is 5.17. The van der Waals surface area contributed by atoms with Crippen LogP contribution in [0.5, 0.6) is 0 Å². The lowest BCUT2D eigenvalue weighted by molar-refractivity contribution is 0.201. The van der Waals surface area contributed by atoms with Gasteiger partial charge in [0.25, 0.3) is 4.84 Å². The lowest BCUT2D eigenvalue weighted by atomic mass is 9.94. The number of aliphatic hydroxyl groups excluding tert-OH is 1. The van der Waals surface area contributed by atoms with Crippen LogP contribution in [0.3, 0.4) is 0 Å². The molecule has 3 rings (SSSR count). The van der Waals surface area contributed by atoms with Crippen molar-refractivity contribution in [2.45, 2.75) is 33.9 Å². The largest absolute Gasteiger partial charge is 0.429 e. The van der Waals surface area contributed by atoms with Crippen molar-refractivity contribution in [2.75, 3.05) is 0 Å². The molecule has 0 unspecified atom stereocenters. The third kappa shape index (κ3) is 2.75. The van der Waals surface area contributed by atoms with Crippen molar-refractivity contribution in [1.29, 1.82) is 0 Å². The van der Waals surface area contributed by atoms with Gasteiger partial charge in [0, 0.05) is 5.57 Å². The van der Waals surface area contributed by atoms with E-state index in [0.717, 1.165) is 28.7 Å². The Morgan fingerprint density at radius 1 is 1.38 bits per heavy atom. The van der Waals surface area contributed by atoms with Crippen molar-refractivity contribution in [1.82, 2.24) is 4.57 Å². The number of rotatable bonds is 4. The lowest BCUT2D eigenvalue weighted by Gasteiger charge is -2.10. The van der Waals surface area contributed by atoms with Gasteiger partial charge in [0.05, 0.1) is 5.35 Å². The van der Waals surface area contributed by atoms with Crippen LogP contribution in [0.15, 0.2) is 46.9 Å². The first-order chi connectivity index (χ1) is 12.3. The Balaban J connectivity index is 2.30. The van der Waals surface area contributed by atoms with Gasteiger partial charge in [0.2, 0.25) is 0 Å². The number of aryl methyl sites for hydroxylation is 1. The zero-order chi connectivity index (χ0) is 19.2. The molecule has 1 aromatic carbocycles. The van der Waals surface area contributed by atoms with Crippen molar-refractivity contribution in [3.8, 4) is 0 Å². The van der Waals surface area contributed by atoms with E-state index in [0.29, 0.717) is 10.8 Å². The molecule has 0 saturated heterocycles. The van der Waals surface area contributed by atoms with Gasteiger partial charge in [0.1, 0.15) is 6.73 Å². The molecule has 1 aliphatic rings. The number of hydrogen-bond acceptors (Lipinski definition) is 3. The summed E-state index contributed by atoms with van der Waals surface area (Å²) in [5.74, 6) is 0. The fraction of sp³-hybridized carbons (Fsp3) is 0.227. The van der Waals surface area contributed by atoms with Crippen molar-refractivity contribution in [2.24, 2.45) is 0 Å². The quantitative estimate of drug-likeness (QED) is 0.838. The molecule has 0 atom stereocenters. The molecule has 4 heteroatoms. The molecule has 1 aromatic heterocycles. The lowest BCUT2D eigenvalue weighted by Crippen LogP contribution is -2.29. The van der Waals surface area contributed by atoms with Crippen LogP contribution in [-0.4, -0.2) is 9.67 Å². The fourth-order valence-electron chi connectivity index (χ4n) is 3.56. The number of benzene rings is 1. The summed E-state index contributed by atoms with van der Waals surface area (Å²) in [6.07, 6.45) is 2.80. The standard InChI is InChI=1S/C22H23NO2S/c1-7-17-18(12(2)3)10-19-13(4)8-16(9-20(17)19)14(5)21-15(6)23(11-24)22(26)25-21/h7-9,24H,1-2,6,10-11H2,3-5H3/b21-14+. The maximum Gasteiger partial charge on any atom is 0.271 e. The molecule has 1 aliphatic carbocycles. The molecular formula is C22H23NO2S. The average Bonchev–Trinajstić information content (AvgIpc) is 3.11. The molecule has 0 aliphatic heterocycles. The minimum Gasteiger partial charge on any atom is -0.429 e. The highest BCUT2D eigenvalue weighted by molar-refractivity contribution is 7.71. The van der Waals surface area contributed by atoms with Gasteiger partial charge >= 0.3 is 0 Å². The molecule has 0 radical (unpaired) electrons. The van der Waals surface area contributed by atoms with Gasteiger partial charge in [-0.15, -0.1) is 0 Å². The fourth-order valence-corrected chi connectivity index (χ4v) is 3.81. The van der Waals surface area contributed by atoms with Gasteiger partial charge < -0.3 is 9.52 Å². The summed E-state index contributed by atoms with van der Waals surface area (Å²) in [5.41, 5.74) is 9.78. The van der Waals surface area contributed by atoms with Gasteiger partial charge in [-0.1, -0.05) is 37.5 Å². The van der Waals surface area contributed by atoms with Crippen LogP contribution >= 0.6 is 12.2 Å². The SMILES string of the molecule is C=CC1=C(C(=C)C)Cc2c(C)cc(/C(C)=c3/oc(=S)n(CO)c3=C)cc21. The van der Waals surface area contributed by atoms with Crippen LogP contribution < -0.4 is 10.8 Å². The monoisotopic (exact) mass is 365 g/mol. The Bertz CT molecular complexity index is 1140. The summed E-state index contributed by atoms with van der Waals surface area (Å²) in [6, 6.07) is 4.32. The molecule has 1 heterocycles. The number of oxazole rings is 1. The zero-order valence-corrected chi connectivity index (χ0v) is 16.3. The van der Waals surface area contributed by atoms with Crippen LogP contribution in [-0.2, 0) is 13.2 Å². The van der Waals surface area contributed by atoms with E-state index in [-0.39, 0.29) is 11.6 Å². The number of hydrogen-bond donors (Lipinski definition) is 1. The van der Waals surface area contributed by atoms with Gasteiger partial charge in [-0.25, -0.2) is 0 Å². The molecule has 3 nitrogen and oxygen atoms in total. The van der Waals surface area contributed by atoms with E-state index in [1.807, 2.05) is 19.9 Å². The van der Waals surface area contributed by atoms with Crippen LogP contribution in [0, 0.1) is 11.8 Å². The van der Waals surface area contributed by atoms with Crippen LogP contribution in [0.4, 0.5) is 0 Å². The Kier molecular flexibility index (Phi) is 4.74. The molecule has 26 heavy (non-hydrogen) atoms. The molecule has 0 fully saturated rings. The number of aromatic nitrogens is 1. The second-order valence-corrected chi connectivity index (χ2v) is 7.06. The number of allylic oxidation sites excluding steroid dienone is 4. The Labute approximate surface area is 158 Å². The summed E-state index contributed by atoms with van der Waals surface area (Å²) in [6.45, 7) is 18.0. The normalized spacial score (nSPS) is 14.5. The van der Waals surface area contributed by atoms with Gasteiger partial charge in [-0.05, 0) is 78.9 Å². The topological polar surface area (TPSA) is 38.3 Å². The second-order valence-electron chi connectivity index (χ2n) is 6.71. The van der Waals surface area contributed by atoms with E-state index in [4.69, 9.17) is 16.6 Å². The molecule has 134 valence electrons. The molecule has 0 saturated carbocycles. The van der Waals surface area contributed by atoms with E-state index in [2.05, 4.69) is 38.8 Å². The Hall–Kier alpha value is -2.43. The number of aliphatic hydroxyl groups is 1. The first-order valence-electron chi connectivity index (χ1n) is 8.46. The van der Waals surface area contributed by atoms with Crippen LogP contribution in [0.25, 0.3) is 17.7 Å². The first kappa shape index (κ1) is 18.4. The minimum absolute atomic E-state index is 0.223. The van der Waals surface area contributed by atoms with Gasteiger partial charge in [-0.2, -0.15) is 0 Å². The van der Waals surface area contributed by atoms with E-state index >= 15 is 0 Å². The highest BCUT2D eigenvalue weighted by Crippen LogP contribution is 2.39. The predicted molar refractivity (Wildman–Crippen MR) is 110 cm³/mol. The summed E-state index contributed by atoms with van der Waals surface area (Å²) < 4.78 is 7.17. The van der Waals surface area contributed by atoms with Crippen LogP contribution in [0.2, 0.25) is 0 Å². The summed E-state index contributed by atoms with van der Waals surface area (Å²) in [4.78, 5) is 0.223. The predicted octanol–water partition coefficient (Wildman–Crippen LogP) is 3.77. The smallest absolute Gasteiger partial charge is 0.271 e. The van der Waals surface area contributed by atoms with E-state index < -0.39 is 0 Å². The highest BCUT2D eigenvalue weighted by Gasteiger charge is 2.22. The molecule has 0 spiro atoms. The van der Waals surface area contributed by atoms with Gasteiger partial charge in [-0.3, -0.25) is 4.57 Å². The molecule has 0 bridgehead atoms. The van der Waals surface area contributed by atoms with E-state index in [1.165, 1.54) is 26.8 Å². The minimum atomic E-state index is -0.247. The molecule has 1 N–H and O–H groups in total. The first-order valence-corrected chi connectivity index (χ1v) is 8.87. The van der Waals surface area contributed by atoms with Gasteiger partial charge in [0.15, 0.2) is 5.42 Å². The third-order valence-corrected chi connectivity index (χ3v) is 5.38. The Morgan fingerprint density at radius 3 is 2.62 bits per heavy atom. The van der Waals surface area contributed by atoms with Crippen molar-refractivity contribution in [3.05, 3.63) is 80.4 Å². The second kappa shape index (κ2) is 6.71. The maximum absolute atomic E-state index is 9.45. The number of nitrogens with zero attached hydrogens (tertiary/aromatic N) is 1. The maximum atomic E-state index is 9.45. The molecule has 2 aromatic rings. The molecule has 0 amide bonds. The summed E-state index contributed by atoms with van der Waals surface area (Å²) in [7, 11) is 0. The van der Waals surface area contributed by atoms with Crippen molar-refractivity contribution < 1.29 is 9.52 Å². The number of fused-ring (bicyclic) bond motifs is 1. The average molecular weight is 365 g/mol. The molecular weight excluding hydrogens is 342 g/mol. The van der Waals surface area contributed by atoms with E-state index in [9.17, 15) is 5.11 Å². The Morgan fingerprint density at radius 2 is 2.08 bits per heavy atom.